The molecule has 0 heterocycles. The molecule has 15 heavy (non-hydrogen) atoms. The topological polar surface area (TPSA) is 37.3 Å². The molecule has 0 aromatic carbocycles. The van der Waals surface area contributed by atoms with Crippen LogP contribution in [-0.2, 0) is 4.79 Å². The summed E-state index contributed by atoms with van der Waals surface area (Å²) in [7, 11) is 0. The van der Waals surface area contributed by atoms with Gasteiger partial charge in [0.05, 0.1) is 0 Å². The first-order chi connectivity index (χ1) is 7.16. The molecule has 2 rings (SSSR count). The Morgan fingerprint density at radius 3 is 2.60 bits per heavy atom. The van der Waals surface area contributed by atoms with Crippen molar-refractivity contribution in [2.45, 2.75) is 55.9 Å². The van der Waals surface area contributed by atoms with Gasteiger partial charge in [-0.2, -0.15) is 0 Å². The first-order valence-corrected chi connectivity index (χ1v) is 6.99. The Labute approximate surface area is 95.8 Å². The quantitative estimate of drug-likeness (QED) is 0.803. The highest BCUT2D eigenvalue weighted by atomic mass is 32.2. The number of hydrogen-bond donors (Lipinski definition) is 1. The molecule has 86 valence electrons. The smallest absolute Gasteiger partial charge is 0.316 e. The van der Waals surface area contributed by atoms with Gasteiger partial charge in [-0.15, -0.1) is 11.8 Å². The van der Waals surface area contributed by atoms with Crippen molar-refractivity contribution < 1.29 is 9.90 Å². The van der Waals surface area contributed by atoms with E-state index in [1.807, 2.05) is 0 Å². The highest BCUT2D eigenvalue weighted by Gasteiger charge is 2.38. The first kappa shape index (κ1) is 11.3. The number of thioether (sulfide) groups is 1. The SMILES string of the molecule is CC1CCCC(SC(C(=O)O)C2CC2)C1. The Hall–Kier alpha value is -0.180. The third-order valence-electron chi connectivity index (χ3n) is 3.52. The first-order valence-electron chi connectivity index (χ1n) is 6.05. The Bertz CT molecular complexity index is 238. The van der Waals surface area contributed by atoms with E-state index in [1.165, 1.54) is 25.7 Å². The van der Waals surface area contributed by atoms with Gasteiger partial charge in [0, 0.05) is 5.25 Å². The lowest BCUT2D eigenvalue weighted by Crippen LogP contribution is -2.25. The average molecular weight is 228 g/mol. The van der Waals surface area contributed by atoms with E-state index in [0.29, 0.717) is 11.2 Å². The van der Waals surface area contributed by atoms with Gasteiger partial charge < -0.3 is 5.11 Å². The predicted octanol–water partition coefficient (Wildman–Crippen LogP) is 3.16. The number of rotatable bonds is 4. The fourth-order valence-electron chi connectivity index (χ4n) is 2.48. The lowest BCUT2D eigenvalue weighted by atomic mass is 9.91. The Morgan fingerprint density at radius 2 is 2.07 bits per heavy atom. The largest absolute Gasteiger partial charge is 0.480 e. The molecule has 3 heteroatoms. The molecule has 2 saturated carbocycles. The summed E-state index contributed by atoms with van der Waals surface area (Å²) in [5.41, 5.74) is 0. The van der Waals surface area contributed by atoms with E-state index in [2.05, 4.69) is 6.92 Å². The van der Waals surface area contributed by atoms with Crippen molar-refractivity contribution in [2.75, 3.05) is 0 Å². The van der Waals surface area contributed by atoms with Crippen LogP contribution in [0.25, 0.3) is 0 Å². The molecule has 1 N–H and O–H groups in total. The minimum Gasteiger partial charge on any atom is -0.480 e. The maximum absolute atomic E-state index is 11.1. The van der Waals surface area contributed by atoms with Crippen LogP contribution in [0.2, 0.25) is 0 Å². The molecule has 2 nitrogen and oxygen atoms in total. The molecule has 2 aliphatic rings. The third-order valence-corrected chi connectivity index (χ3v) is 5.21. The maximum Gasteiger partial charge on any atom is 0.316 e. The molecule has 0 spiro atoms. The fraction of sp³-hybridized carbons (Fsp3) is 0.917. The fourth-order valence-corrected chi connectivity index (χ4v) is 4.25. The van der Waals surface area contributed by atoms with Gasteiger partial charge in [0.15, 0.2) is 0 Å². The van der Waals surface area contributed by atoms with Crippen molar-refractivity contribution in [1.82, 2.24) is 0 Å². The lowest BCUT2D eigenvalue weighted by molar-refractivity contribution is -0.136. The van der Waals surface area contributed by atoms with Crippen LogP contribution in [0, 0.1) is 11.8 Å². The summed E-state index contributed by atoms with van der Waals surface area (Å²) < 4.78 is 0. The van der Waals surface area contributed by atoms with Crippen LogP contribution in [0.5, 0.6) is 0 Å². The zero-order valence-corrected chi connectivity index (χ0v) is 10.1. The number of carbonyl (C=O) groups is 1. The van der Waals surface area contributed by atoms with Gasteiger partial charge in [0.2, 0.25) is 0 Å². The number of carboxylic acids is 1. The molecule has 3 unspecified atom stereocenters. The number of hydrogen-bond acceptors (Lipinski definition) is 2. The van der Waals surface area contributed by atoms with E-state index < -0.39 is 5.97 Å². The summed E-state index contributed by atoms with van der Waals surface area (Å²) in [5.74, 6) is 0.690. The summed E-state index contributed by atoms with van der Waals surface area (Å²) in [5, 5.41) is 9.66. The summed E-state index contributed by atoms with van der Waals surface area (Å²) >= 11 is 1.75. The minimum absolute atomic E-state index is 0.111. The van der Waals surface area contributed by atoms with Crippen molar-refractivity contribution in [3.05, 3.63) is 0 Å². The summed E-state index contributed by atoms with van der Waals surface area (Å²) in [6.45, 7) is 2.29. The molecule has 2 fully saturated rings. The normalized spacial score (nSPS) is 33.7. The second kappa shape index (κ2) is 4.77. The van der Waals surface area contributed by atoms with Crippen LogP contribution in [0.3, 0.4) is 0 Å². The van der Waals surface area contributed by atoms with Crippen molar-refractivity contribution in [1.29, 1.82) is 0 Å². The second-order valence-corrected chi connectivity index (χ2v) is 6.57. The van der Waals surface area contributed by atoms with Gasteiger partial charge in [-0.3, -0.25) is 4.79 Å². The molecule has 0 aromatic rings. The number of aliphatic carboxylic acids is 1. The number of carboxylic acid groups (broad SMARTS) is 1. The molecule has 0 bridgehead atoms. The van der Waals surface area contributed by atoms with E-state index >= 15 is 0 Å². The van der Waals surface area contributed by atoms with Gasteiger partial charge in [0.25, 0.3) is 0 Å². The van der Waals surface area contributed by atoms with Crippen molar-refractivity contribution in [2.24, 2.45) is 11.8 Å². The molecular formula is C12H20O2S. The zero-order valence-electron chi connectivity index (χ0n) is 9.32. The van der Waals surface area contributed by atoms with Crippen LogP contribution in [-0.4, -0.2) is 21.6 Å². The molecular weight excluding hydrogens is 208 g/mol. The van der Waals surface area contributed by atoms with E-state index in [9.17, 15) is 4.79 Å². The van der Waals surface area contributed by atoms with Crippen molar-refractivity contribution >= 4 is 17.7 Å². The highest BCUT2D eigenvalue weighted by Crippen LogP contribution is 2.43. The Balaban J connectivity index is 1.85. The molecule has 0 saturated heterocycles. The van der Waals surface area contributed by atoms with Gasteiger partial charge >= 0.3 is 5.97 Å². The van der Waals surface area contributed by atoms with Gasteiger partial charge in [-0.25, -0.2) is 0 Å². The van der Waals surface area contributed by atoms with E-state index in [4.69, 9.17) is 5.11 Å². The standard InChI is InChI=1S/C12H20O2S/c1-8-3-2-4-10(7-8)15-11(12(13)14)9-5-6-9/h8-11H,2-7H2,1H3,(H,13,14). The molecule has 0 amide bonds. The summed E-state index contributed by atoms with van der Waals surface area (Å²) in [6, 6.07) is 0. The van der Waals surface area contributed by atoms with Crippen molar-refractivity contribution in [3.63, 3.8) is 0 Å². The highest BCUT2D eigenvalue weighted by molar-refractivity contribution is 8.01. The minimum atomic E-state index is -0.583. The second-order valence-electron chi connectivity index (χ2n) is 5.13. The third kappa shape index (κ3) is 3.13. The van der Waals surface area contributed by atoms with E-state index in [-0.39, 0.29) is 5.25 Å². The predicted molar refractivity (Wildman–Crippen MR) is 63.2 cm³/mol. The monoisotopic (exact) mass is 228 g/mol. The Kier molecular flexibility index (Phi) is 3.60. The van der Waals surface area contributed by atoms with Crippen LogP contribution in [0.4, 0.5) is 0 Å². The van der Waals surface area contributed by atoms with Gasteiger partial charge in [-0.05, 0) is 37.5 Å². The summed E-state index contributed by atoms with van der Waals surface area (Å²) in [6.07, 6.45) is 7.33. The summed E-state index contributed by atoms with van der Waals surface area (Å²) in [4.78, 5) is 11.1. The lowest BCUT2D eigenvalue weighted by Gasteiger charge is -2.28. The Morgan fingerprint density at radius 1 is 1.33 bits per heavy atom. The van der Waals surface area contributed by atoms with Crippen LogP contribution < -0.4 is 0 Å². The van der Waals surface area contributed by atoms with Crippen LogP contribution in [0.15, 0.2) is 0 Å². The van der Waals surface area contributed by atoms with Crippen LogP contribution >= 0.6 is 11.8 Å². The molecule has 3 atom stereocenters. The zero-order chi connectivity index (χ0) is 10.8. The van der Waals surface area contributed by atoms with Crippen LogP contribution in [0.1, 0.15) is 45.4 Å². The van der Waals surface area contributed by atoms with Gasteiger partial charge in [0.1, 0.15) is 5.25 Å². The molecule has 2 aliphatic carbocycles. The van der Waals surface area contributed by atoms with Gasteiger partial charge in [-0.1, -0.05) is 19.8 Å². The average Bonchev–Trinajstić information content (AvgIpc) is 2.97. The molecule has 0 radical (unpaired) electrons. The van der Waals surface area contributed by atoms with Crippen molar-refractivity contribution in [3.8, 4) is 0 Å². The molecule has 0 aromatic heterocycles. The van der Waals surface area contributed by atoms with E-state index in [0.717, 1.165) is 18.8 Å². The molecule has 0 aliphatic heterocycles. The van der Waals surface area contributed by atoms with E-state index in [1.54, 1.807) is 11.8 Å². The maximum atomic E-state index is 11.1.